The van der Waals surface area contributed by atoms with E-state index in [1.807, 2.05) is 26.0 Å². The topological polar surface area (TPSA) is 59.0 Å². The molecule has 5 heteroatoms. The lowest BCUT2D eigenvalue weighted by molar-refractivity contribution is -0.146. The lowest BCUT2D eigenvalue weighted by atomic mass is 10.2. The van der Waals surface area contributed by atoms with Crippen molar-refractivity contribution in [2.75, 3.05) is 0 Å². The number of nitrogens with zero attached hydrogens (tertiary/aromatic N) is 1. The molecule has 1 aliphatic rings. The van der Waals surface area contributed by atoms with Crippen molar-refractivity contribution in [3.63, 3.8) is 0 Å². The van der Waals surface area contributed by atoms with Gasteiger partial charge in [0.25, 0.3) is 0 Å². The highest BCUT2D eigenvalue weighted by molar-refractivity contribution is 5.67. The maximum atomic E-state index is 11.7. The standard InChI is InChI=1S/C13H23NO4/c1-9(2)17-11-8-6-7-10(11)14(16)12(15)18-13(3,4)5/h6,8-11,16H,7H2,1-5H3/t10-,11+/m1/s1. The third kappa shape index (κ3) is 4.31. The van der Waals surface area contributed by atoms with Crippen molar-refractivity contribution in [2.24, 2.45) is 0 Å². The number of carbonyl (C=O) groups excluding carboxylic acids is 1. The summed E-state index contributed by atoms with van der Waals surface area (Å²) in [6.07, 6.45) is 3.32. The maximum Gasteiger partial charge on any atom is 0.434 e. The minimum absolute atomic E-state index is 0.0345. The molecule has 0 radical (unpaired) electrons. The van der Waals surface area contributed by atoms with Gasteiger partial charge in [-0.2, -0.15) is 5.06 Å². The van der Waals surface area contributed by atoms with Crippen LogP contribution in [0.2, 0.25) is 0 Å². The monoisotopic (exact) mass is 257 g/mol. The SMILES string of the molecule is CC(C)O[C@H]1C=CC[C@H]1N(O)C(=O)OC(C)(C)C. The van der Waals surface area contributed by atoms with Crippen LogP contribution in [0.3, 0.4) is 0 Å². The summed E-state index contributed by atoms with van der Waals surface area (Å²) in [5.41, 5.74) is -0.626. The van der Waals surface area contributed by atoms with Crippen molar-refractivity contribution in [1.29, 1.82) is 0 Å². The number of hydrogen-bond acceptors (Lipinski definition) is 4. The summed E-state index contributed by atoms with van der Waals surface area (Å²) in [6, 6.07) is -0.415. The molecular formula is C13H23NO4. The number of hydrogen-bond donors (Lipinski definition) is 1. The third-order valence-corrected chi connectivity index (χ3v) is 2.41. The largest absolute Gasteiger partial charge is 0.442 e. The second-order valence-electron chi connectivity index (χ2n) is 5.71. The molecule has 0 fully saturated rings. The summed E-state index contributed by atoms with van der Waals surface area (Å²) < 4.78 is 10.7. The van der Waals surface area contributed by atoms with Gasteiger partial charge in [-0.05, 0) is 41.0 Å². The molecule has 1 amide bonds. The molecule has 0 saturated carbocycles. The molecule has 0 bridgehead atoms. The molecule has 0 spiro atoms. The Balaban J connectivity index is 2.60. The Hall–Kier alpha value is -1.07. The second-order valence-corrected chi connectivity index (χ2v) is 5.71. The van der Waals surface area contributed by atoms with E-state index < -0.39 is 17.7 Å². The molecule has 0 aromatic carbocycles. The average Bonchev–Trinajstić information content (AvgIpc) is 2.60. The first-order valence-electron chi connectivity index (χ1n) is 6.24. The zero-order valence-electron chi connectivity index (χ0n) is 11.7. The fourth-order valence-electron chi connectivity index (χ4n) is 1.75. The van der Waals surface area contributed by atoms with Crippen molar-refractivity contribution in [3.8, 4) is 0 Å². The first kappa shape index (κ1) is 15.0. The average molecular weight is 257 g/mol. The van der Waals surface area contributed by atoms with E-state index in [4.69, 9.17) is 9.47 Å². The molecule has 0 saturated heterocycles. The predicted octanol–water partition coefficient (Wildman–Crippen LogP) is 2.73. The lowest BCUT2D eigenvalue weighted by Crippen LogP contribution is -2.46. The Morgan fingerprint density at radius 3 is 2.56 bits per heavy atom. The van der Waals surface area contributed by atoms with E-state index in [9.17, 15) is 10.0 Å². The van der Waals surface area contributed by atoms with Crippen LogP contribution < -0.4 is 0 Å². The fraction of sp³-hybridized carbons (Fsp3) is 0.769. The Bertz CT molecular complexity index is 319. The van der Waals surface area contributed by atoms with Gasteiger partial charge in [0.1, 0.15) is 5.60 Å². The molecule has 1 N–H and O–H groups in total. The maximum absolute atomic E-state index is 11.7. The molecule has 0 unspecified atom stereocenters. The van der Waals surface area contributed by atoms with Crippen LogP contribution in [0.15, 0.2) is 12.2 Å². The van der Waals surface area contributed by atoms with Crippen LogP contribution in [0.1, 0.15) is 41.0 Å². The first-order valence-corrected chi connectivity index (χ1v) is 6.24. The Morgan fingerprint density at radius 2 is 2.06 bits per heavy atom. The van der Waals surface area contributed by atoms with Crippen LogP contribution in [0.4, 0.5) is 4.79 Å². The number of hydroxylamine groups is 2. The van der Waals surface area contributed by atoms with E-state index in [1.165, 1.54) is 0 Å². The molecule has 104 valence electrons. The van der Waals surface area contributed by atoms with Crippen molar-refractivity contribution in [1.82, 2.24) is 5.06 Å². The van der Waals surface area contributed by atoms with E-state index in [1.54, 1.807) is 20.8 Å². The van der Waals surface area contributed by atoms with E-state index in [0.29, 0.717) is 11.5 Å². The summed E-state index contributed by atoms with van der Waals surface area (Å²) in [5, 5.41) is 10.5. The quantitative estimate of drug-likeness (QED) is 0.480. The molecule has 0 aromatic heterocycles. The highest BCUT2D eigenvalue weighted by Crippen LogP contribution is 2.22. The molecule has 0 aliphatic heterocycles. The molecule has 18 heavy (non-hydrogen) atoms. The van der Waals surface area contributed by atoms with Gasteiger partial charge in [-0.3, -0.25) is 5.21 Å². The summed E-state index contributed by atoms with van der Waals surface area (Å²) >= 11 is 0. The van der Waals surface area contributed by atoms with Gasteiger partial charge in [0.05, 0.1) is 18.2 Å². The fourth-order valence-corrected chi connectivity index (χ4v) is 1.75. The van der Waals surface area contributed by atoms with Crippen LogP contribution in [-0.4, -0.2) is 40.2 Å². The zero-order chi connectivity index (χ0) is 13.9. The van der Waals surface area contributed by atoms with Crippen LogP contribution in [0, 0.1) is 0 Å². The van der Waals surface area contributed by atoms with E-state index >= 15 is 0 Å². The normalized spacial score (nSPS) is 23.5. The Morgan fingerprint density at radius 1 is 1.44 bits per heavy atom. The smallest absolute Gasteiger partial charge is 0.434 e. The van der Waals surface area contributed by atoms with Crippen molar-refractivity contribution in [2.45, 2.75) is 64.9 Å². The van der Waals surface area contributed by atoms with Gasteiger partial charge in [0.2, 0.25) is 0 Å². The molecule has 1 rings (SSSR count). The number of ether oxygens (including phenoxy) is 2. The van der Waals surface area contributed by atoms with Gasteiger partial charge < -0.3 is 9.47 Å². The van der Waals surface area contributed by atoms with Gasteiger partial charge in [0, 0.05) is 0 Å². The molecule has 0 aromatic rings. The van der Waals surface area contributed by atoms with Crippen LogP contribution in [0.5, 0.6) is 0 Å². The molecular weight excluding hydrogens is 234 g/mol. The second kappa shape index (κ2) is 5.71. The number of rotatable bonds is 3. The van der Waals surface area contributed by atoms with Crippen molar-refractivity contribution >= 4 is 6.09 Å². The van der Waals surface area contributed by atoms with Crippen LogP contribution >= 0.6 is 0 Å². The van der Waals surface area contributed by atoms with E-state index in [0.717, 1.165) is 0 Å². The lowest BCUT2D eigenvalue weighted by Gasteiger charge is -2.30. The summed E-state index contributed by atoms with van der Waals surface area (Å²) in [7, 11) is 0. The summed E-state index contributed by atoms with van der Waals surface area (Å²) in [4.78, 5) is 11.7. The van der Waals surface area contributed by atoms with E-state index in [2.05, 4.69) is 0 Å². The van der Waals surface area contributed by atoms with Gasteiger partial charge >= 0.3 is 6.09 Å². The molecule has 2 atom stereocenters. The molecule has 0 heterocycles. The Kier molecular flexibility index (Phi) is 4.76. The van der Waals surface area contributed by atoms with Gasteiger partial charge in [-0.25, -0.2) is 4.79 Å². The van der Waals surface area contributed by atoms with Crippen LogP contribution in [0.25, 0.3) is 0 Å². The number of amides is 1. The predicted molar refractivity (Wildman–Crippen MR) is 67.4 cm³/mol. The van der Waals surface area contributed by atoms with Gasteiger partial charge in [-0.1, -0.05) is 12.2 Å². The minimum Gasteiger partial charge on any atom is -0.442 e. The minimum atomic E-state index is -0.742. The first-order chi connectivity index (χ1) is 8.20. The zero-order valence-corrected chi connectivity index (χ0v) is 11.7. The number of carbonyl (C=O) groups is 1. The summed E-state index contributed by atoms with van der Waals surface area (Å²) in [5.74, 6) is 0. The van der Waals surface area contributed by atoms with Crippen LogP contribution in [-0.2, 0) is 9.47 Å². The van der Waals surface area contributed by atoms with Gasteiger partial charge in [0.15, 0.2) is 0 Å². The Labute approximate surface area is 108 Å². The molecule has 5 nitrogen and oxygen atoms in total. The highest BCUT2D eigenvalue weighted by Gasteiger charge is 2.34. The summed E-state index contributed by atoms with van der Waals surface area (Å²) in [6.45, 7) is 9.10. The highest BCUT2D eigenvalue weighted by atomic mass is 16.6. The van der Waals surface area contributed by atoms with E-state index in [-0.39, 0.29) is 12.2 Å². The third-order valence-electron chi connectivity index (χ3n) is 2.41. The van der Waals surface area contributed by atoms with Gasteiger partial charge in [-0.15, -0.1) is 0 Å². The molecule has 1 aliphatic carbocycles. The van der Waals surface area contributed by atoms with Crippen molar-refractivity contribution < 1.29 is 19.5 Å². The van der Waals surface area contributed by atoms with Crippen molar-refractivity contribution in [3.05, 3.63) is 12.2 Å².